The minimum Gasteiger partial charge on any atom is -0.342 e. The van der Waals surface area contributed by atoms with Crippen molar-refractivity contribution in [1.29, 1.82) is 0 Å². The molecule has 0 radical (unpaired) electrons. The van der Waals surface area contributed by atoms with Gasteiger partial charge in [-0.15, -0.1) is 0 Å². The number of hydrogen-bond donors (Lipinski definition) is 0. The number of amides is 1. The molecule has 1 aromatic heterocycles. The summed E-state index contributed by atoms with van der Waals surface area (Å²) in [5.41, 5.74) is 1.14. The minimum atomic E-state index is 0.110. The summed E-state index contributed by atoms with van der Waals surface area (Å²) in [6.45, 7) is 5.78. The zero-order chi connectivity index (χ0) is 13.0. The van der Waals surface area contributed by atoms with Crippen molar-refractivity contribution in [1.82, 2.24) is 9.88 Å². The Hall–Kier alpha value is -1.38. The molecule has 0 spiro atoms. The predicted molar refractivity (Wildman–Crippen MR) is 72.1 cm³/mol. The van der Waals surface area contributed by atoms with E-state index in [1.54, 1.807) is 0 Å². The molecule has 1 fully saturated rings. The molecule has 3 nitrogen and oxygen atoms in total. The average molecular weight is 246 g/mol. The Balaban J connectivity index is 1.93. The molecule has 0 bridgehead atoms. The van der Waals surface area contributed by atoms with Crippen molar-refractivity contribution in [3.05, 3.63) is 30.1 Å². The highest BCUT2D eigenvalue weighted by Gasteiger charge is 2.25. The van der Waals surface area contributed by atoms with Crippen LogP contribution in [0.15, 0.2) is 24.4 Å². The van der Waals surface area contributed by atoms with Gasteiger partial charge in [-0.25, -0.2) is 0 Å². The van der Waals surface area contributed by atoms with Crippen molar-refractivity contribution in [3.63, 3.8) is 0 Å². The SMILES string of the molecule is CC(C)C(=O)N1CCC[C@@H](Cc2ccccn2)C1. The lowest BCUT2D eigenvalue weighted by molar-refractivity contribution is -0.136. The highest BCUT2D eigenvalue weighted by Crippen LogP contribution is 2.21. The van der Waals surface area contributed by atoms with Gasteiger partial charge in [0.05, 0.1) is 0 Å². The molecule has 0 aliphatic carbocycles. The van der Waals surface area contributed by atoms with Gasteiger partial charge in [0, 0.05) is 30.9 Å². The maximum absolute atomic E-state index is 12.0. The topological polar surface area (TPSA) is 33.2 Å². The Morgan fingerprint density at radius 2 is 2.33 bits per heavy atom. The summed E-state index contributed by atoms with van der Waals surface area (Å²) in [4.78, 5) is 18.4. The van der Waals surface area contributed by atoms with Crippen molar-refractivity contribution < 1.29 is 4.79 Å². The Morgan fingerprint density at radius 1 is 1.50 bits per heavy atom. The number of pyridine rings is 1. The Kier molecular flexibility index (Phi) is 4.34. The van der Waals surface area contributed by atoms with Crippen LogP contribution in [-0.4, -0.2) is 28.9 Å². The largest absolute Gasteiger partial charge is 0.342 e. The third-order valence-electron chi connectivity index (χ3n) is 3.55. The van der Waals surface area contributed by atoms with E-state index >= 15 is 0 Å². The predicted octanol–water partition coefficient (Wildman–Crippen LogP) is 2.52. The van der Waals surface area contributed by atoms with Crippen molar-refractivity contribution in [2.24, 2.45) is 11.8 Å². The summed E-state index contributed by atoms with van der Waals surface area (Å²) in [5, 5.41) is 0. The van der Waals surface area contributed by atoms with Gasteiger partial charge in [0.1, 0.15) is 0 Å². The summed E-state index contributed by atoms with van der Waals surface area (Å²) in [6, 6.07) is 6.05. The molecule has 18 heavy (non-hydrogen) atoms. The molecule has 0 saturated carbocycles. The second kappa shape index (κ2) is 5.98. The third kappa shape index (κ3) is 3.31. The van der Waals surface area contributed by atoms with E-state index in [0.717, 1.165) is 31.6 Å². The number of rotatable bonds is 3. The number of hydrogen-bond acceptors (Lipinski definition) is 2. The molecule has 1 saturated heterocycles. The maximum atomic E-state index is 12.0. The smallest absolute Gasteiger partial charge is 0.225 e. The molecular formula is C15H22N2O. The van der Waals surface area contributed by atoms with Crippen LogP contribution in [0, 0.1) is 11.8 Å². The lowest BCUT2D eigenvalue weighted by Crippen LogP contribution is -2.42. The molecule has 0 aromatic carbocycles. The van der Waals surface area contributed by atoms with E-state index in [4.69, 9.17) is 0 Å². The molecule has 98 valence electrons. The van der Waals surface area contributed by atoms with Crippen LogP contribution in [0.3, 0.4) is 0 Å². The molecular weight excluding hydrogens is 224 g/mol. The second-order valence-electron chi connectivity index (χ2n) is 5.47. The van der Waals surface area contributed by atoms with E-state index in [-0.39, 0.29) is 5.92 Å². The van der Waals surface area contributed by atoms with Crippen molar-refractivity contribution in [3.8, 4) is 0 Å². The molecule has 1 aliphatic rings. The zero-order valence-electron chi connectivity index (χ0n) is 11.3. The van der Waals surface area contributed by atoms with E-state index < -0.39 is 0 Å². The van der Waals surface area contributed by atoms with Crippen LogP contribution in [0.4, 0.5) is 0 Å². The van der Waals surface area contributed by atoms with Gasteiger partial charge in [-0.1, -0.05) is 19.9 Å². The van der Waals surface area contributed by atoms with Crippen LogP contribution < -0.4 is 0 Å². The van der Waals surface area contributed by atoms with Gasteiger partial charge in [-0.05, 0) is 37.3 Å². The Bertz CT molecular complexity index is 389. The summed E-state index contributed by atoms with van der Waals surface area (Å²) in [5.74, 6) is 0.968. The van der Waals surface area contributed by atoms with Gasteiger partial charge in [0.25, 0.3) is 0 Å². The lowest BCUT2D eigenvalue weighted by Gasteiger charge is -2.33. The minimum absolute atomic E-state index is 0.110. The van der Waals surface area contributed by atoms with Gasteiger partial charge in [0.15, 0.2) is 0 Å². The van der Waals surface area contributed by atoms with E-state index in [1.165, 1.54) is 6.42 Å². The van der Waals surface area contributed by atoms with Gasteiger partial charge >= 0.3 is 0 Å². The molecule has 1 atom stereocenters. The first-order chi connectivity index (χ1) is 8.66. The quantitative estimate of drug-likeness (QED) is 0.821. The fourth-order valence-electron chi connectivity index (χ4n) is 2.61. The van der Waals surface area contributed by atoms with Crippen LogP contribution in [0.5, 0.6) is 0 Å². The van der Waals surface area contributed by atoms with Crippen LogP contribution in [0.2, 0.25) is 0 Å². The number of carbonyl (C=O) groups is 1. The van der Waals surface area contributed by atoms with E-state index in [1.807, 2.05) is 37.1 Å². The summed E-state index contributed by atoms with van der Waals surface area (Å²) in [6.07, 6.45) is 5.16. The number of nitrogens with zero attached hydrogens (tertiary/aromatic N) is 2. The van der Waals surface area contributed by atoms with Crippen LogP contribution >= 0.6 is 0 Å². The molecule has 2 rings (SSSR count). The zero-order valence-corrected chi connectivity index (χ0v) is 11.3. The van der Waals surface area contributed by atoms with E-state index in [9.17, 15) is 4.79 Å². The van der Waals surface area contributed by atoms with Gasteiger partial charge in [0.2, 0.25) is 5.91 Å². The van der Waals surface area contributed by atoms with Gasteiger partial charge in [-0.3, -0.25) is 9.78 Å². The monoisotopic (exact) mass is 246 g/mol. The molecule has 1 aromatic rings. The normalized spacial score (nSPS) is 20.2. The van der Waals surface area contributed by atoms with E-state index in [0.29, 0.717) is 11.8 Å². The first kappa shape index (κ1) is 13.1. The number of aromatic nitrogens is 1. The van der Waals surface area contributed by atoms with Crippen LogP contribution in [0.25, 0.3) is 0 Å². The third-order valence-corrected chi connectivity index (χ3v) is 3.55. The first-order valence-electron chi connectivity index (χ1n) is 6.85. The molecule has 0 unspecified atom stereocenters. The Morgan fingerprint density at radius 3 is 3.00 bits per heavy atom. The molecule has 0 N–H and O–H groups in total. The second-order valence-corrected chi connectivity index (χ2v) is 5.47. The molecule has 1 aliphatic heterocycles. The number of carbonyl (C=O) groups excluding carboxylic acids is 1. The van der Waals surface area contributed by atoms with Gasteiger partial charge < -0.3 is 4.90 Å². The molecule has 1 amide bonds. The standard InChI is InChI=1S/C15H22N2O/c1-12(2)15(18)17-9-5-6-13(11-17)10-14-7-3-4-8-16-14/h3-4,7-8,12-13H,5-6,9-11H2,1-2H3/t13-/m0/s1. The van der Waals surface area contributed by atoms with Crippen LogP contribution in [0.1, 0.15) is 32.4 Å². The lowest BCUT2D eigenvalue weighted by atomic mass is 9.92. The van der Waals surface area contributed by atoms with Crippen molar-refractivity contribution in [2.45, 2.75) is 33.1 Å². The summed E-state index contributed by atoms with van der Waals surface area (Å²) >= 11 is 0. The number of piperidine rings is 1. The van der Waals surface area contributed by atoms with E-state index in [2.05, 4.69) is 11.1 Å². The maximum Gasteiger partial charge on any atom is 0.225 e. The first-order valence-corrected chi connectivity index (χ1v) is 6.85. The van der Waals surface area contributed by atoms with Gasteiger partial charge in [-0.2, -0.15) is 0 Å². The van der Waals surface area contributed by atoms with Crippen LogP contribution in [-0.2, 0) is 11.2 Å². The highest BCUT2D eigenvalue weighted by molar-refractivity contribution is 5.78. The number of likely N-dealkylation sites (tertiary alicyclic amines) is 1. The summed E-state index contributed by atoms with van der Waals surface area (Å²) in [7, 11) is 0. The highest BCUT2D eigenvalue weighted by atomic mass is 16.2. The van der Waals surface area contributed by atoms with Crippen molar-refractivity contribution >= 4 is 5.91 Å². The Labute approximate surface area is 109 Å². The fraction of sp³-hybridized carbons (Fsp3) is 0.600. The molecule has 3 heteroatoms. The van der Waals surface area contributed by atoms with Crippen molar-refractivity contribution in [2.75, 3.05) is 13.1 Å². The molecule has 2 heterocycles. The fourth-order valence-corrected chi connectivity index (χ4v) is 2.61. The summed E-state index contributed by atoms with van der Waals surface area (Å²) < 4.78 is 0. The average Bonchev–Trinajstić information content (AvgIpc) is 2.39.